The molecule has 2 rings (SSSR count). The predicted molar refractivity (Wildman–Crippen MR) is 78.8 cm³/mol. The largest absolute Gasteiger partial charge is 0.467 e. The number of amides is 1. The Bertz CT molecular complexity index is 635. The molecule has 0 saturated heterocycles. The summed E-state index contributed by atoms with van der Waals surface area (Å²) in [6.45, 7) is 0.0713. The van der Waals surface area contributed by atoms with Crippen molar-refractivity contribution in [2.24, 2.45) is 0 Å². The predicted octanol–water partition coefficient (Wildman–Crippen LogP) is 2.36. The number of aliphatic hydroxyl groups excluding tert-OH is 1. The van der Waals surface area contributed by atoms with Gasteiger partial charge in [0, 0.05) is 10.5 Å². The Morgan fingerprint density at radius 3 is 3.00 bits per heavy atom. The number of nitrogens with one attached hydrogen (secondary N) is 1. The van der Waals surface area contributed by atoms with Crippen LogP contribution in [0, 0.1) is 11.3 Å². The smallest absolute Gasteiger partial charge is 0.251 e. The summed E-state index contributed by atoms with van der Waals surface area (Å²) in [5.41, 5.74) is 0.490. The SMILES string of the molecule is N#CCSc1cccc(C(=O)NCC(O)c2ccco2)c1. The number of carbonyl (C=O) groups excluding carboxylic acids is 1. The molecule has 1 unspecified atom stereocenters. The van der Waals surface area contributed by atoms with Gasteiger partial charge in [0.2, 0.25) is 0 Å². The first-order chi connectivity index (χ1) is 10.2. The Labute approximate surface area is 126 Å². The van der Waals surface area contributed by atoms with Crippen LogP contribution in [0.2, 0.25) is 0 Å². The minimum absolute atomic E-state index is 0.0713. The first kappa shape index (κ1) is 15.2. The molecule has 1 heterocycles. The average molecular weight is 302 g/mol. The summed E-state index contributed by atoms with van der Waals surface area (Å²) in [6, 6.07) is 12.4. The second-order valence-electron chi connectivity index (χ2n) is 4.22. The monoisotopic (exact) mass is 302 g/mol. The Hall–Kier alpha value is -2.23. The van der Waals surface area contributed by atoms with E-state index in [2.05, 4.69) is 5.32 Å². The van der Waals surface area contributed by atoms with Gasteiger partial charge in [0.1, 0.15) is 11.9 Å². The van der Waals surface area contributed by atoms with Crippen molar-refractivity contribution in [1.29, 1.82) is 5.26 Å². The van der Waals surface area contributed by atoms with E-state index in [1.54, 1.807) is 30.3 Å². The van der Waals surface area contributed by atoms with Crippen molar-refractivity contribution < 1.29 is 14.3 Å². The fourth-order valence-corrected chi connectivity index (χ4v) is 2.33. The standard InChI is InChI=1S/C15H14N2O3S/c16-6-8-21-12-4-1-3-11(9-12)15(19)17-10-13(18)14-5-2-7-20-14/h1-5,7,9,13,18H,8,10H2,(H,17,19). The molecule has 2 aromatic rings. The number of hydrogen-bond donors (Lipinski definition) is 2. The van der Waals surface area contributed by atoms with Gasteiger partial charge < -0.3 is 14.8 Å². The third-order valence-electron chi connectivity index (χ3n) is 2.73. The van der Waals surface area contributed by atoms with E-state index in [-0.39, 0.29) is 12.5 Å². The van der Waals surface area contributed by atoms with Crippen LogP contribution in [-0.2, 0) is 0 Å². The lowest BCUT2D eigenvalue weighted by Crippen LogP contribution is -2.28. The van der Waals surface area contributed by atoms with Crippen molar-refractivity contribution in [3.63, 3.8) is 0 Å². The Morgan fingerprint density at radius 2 is 2.29 bits per heavy atom. The topological polar surface area (TPSA) is 86.3 Å². The lowest BCUT2D eigenvalue weighted by Gasteiger charge is -2.10. The maximum absolute atomic E-state index is 12.0. The lowest BCUT2D eigenvalue weighted by atomic mass is 10.2. The second kappa shape index (κ2) is 7.53. The number of rotatable bonds is 6. The fourth-order valence-electron chi connectivity index (χ4n) is 1.72. The van der Waals surface area contributed by atoms with Crippen molar-refractivity contribution in [2.45, 2.75) is 11.0 Å². The minimum Gasteiger partial charge on any atom is -0.467 e. The number of nitriles is 1. The molecule has 0 aliphatic carbocycles. The van der Waals surface area contributed by atoms with Crippen LogP contribution in [0.25, 0.3) is 0 Å². The van der Waals surface area contributed by atoms with Gasteiger partial charge in [-0.15, -0.1) is 11.8 Å². The Balaban J connectivity index is 1.92. The first-order valence-electron chi connectivity index (χ1n) is 6.30. The third-order valence-corrected chi connectivity index (χ3v) is 3.59. The molecule has 2 N–H and O–H groups in total. The molecule has 5 nitrogen and oxygen atoms in total. The highest BCUT2D eigenvalue weighted by Gasteiger charge is 2.13. The summed E-state index contributed by atoms with van der Waals surface area (Å²) in [6.07, 6.45) is 0.594. The summed E-state index contributed by atoms with van der Waals surface area (Å²) in [4.78, 5) is 12.9. The Morgan fingerprint density at radius 1 is 1.43 bits per heavy atom. The molecular formula is C15H14N2O3S. The first-order valence-corrected chi connectivity index (χ1v) is 7.28. The molecule has 0 aliphatic rings. The molecule has 0 radical (unpaired) electrons. The summed E-state index contributed by atoms with van der Waals surface area (Å²) in [5, 5.41) is 21.0. The van der Waals surface area contributed by atoms with Crippen molar-refractivity contribution >= 4 is 17.7 Å². The van der Waals surface area contributed by atoms with E-state index in [0.29, 0.717) is 17.1 Å². The van der Waals surface area contributed by atoms with E-state index in [4.69, 9.17) is 9.68 Å². The van der Waals surface area contributed by atoms with E-state index < -0.39 is 6.10 Å². The minimum atomic E-state index is -0.875. The molecule has 1 amide bonds. The molecule has 0 fully saturated rings. The van der Waals surface area contributed by atoms with Gasteiger partial charge in [0.15, 0.2) is 0 Å². The number of aliphatic hydroxyl groups is 1. The molecular weight excluding hydrogens is 288 g/mol. The summed E-state index contributed by atoms with van der Waals surface area (Å²) < 4.78 is 5.06. The van der Waals surface area contributed by atoms with Gasteiger partial charge in [-0.05, 0) is 30.3 Å². The van der Waals surface area contributed by atoms with Gasteiger partial charge in [0.05, 0.1) is 24.6 Å². The fraction of sp³-hybridized carbons (Fsp3) is 0.200. The van der Waals surface area contributed by atoms with Crippen molar-refractivity contribution in [2.75, 3.05) is 12.3 Å². The zero-order valence-corrected chi connectivity index (χ0v) is 12.0. The van der Waals surface area contributed by atoms with E-state index >= 15 is 0 Å². The normalized spacial score (nSPS) is 11.6. The van der Waals surface area contributed by atoms with E-state index in [0.717, 1.165) is 4.90 Å². The van der Waals surface area contributed by atoms with Crippen LogP contribution >= 0.6 is 11.8 Å². The summed E-state index contributed by atoms with van der Waals surface area (Å²) >= 11 is 1.37. The highest BCUT2D eigenvalue weighted by molar-refractivity contribution is 7.99. The van der Waals surface area contributed by atoms with Crippen LogP contribution in [0.5, 0.6) is 0 Å². The maximum Gasteiger partial charge on any atom is 0.251 e. The van der Waals surface area contributed by atoms with Gasteiger partial charge in [-0.2, -0.15) is 5.26 Å². The molecule has 0 spiro atoms. The van der Waals surface area contributed by atoms with Gasteiger partial charge in [-0.1, -0.05) is 6.07 Å². The molecule has 21 heavy (non-hydrogen) atoms. The maximum atomic E-state index is 12.0. The lowest BCUT2D eigenvalue weighted by molar-refractivity contribution is 0.0901. The molecule has 0 aliphatic heterocycles. The van der Waals surface area contributed by atoms with Gasteiger partial charge in [0.25, 0.3) is 5.91 Å². The number of nitrogens with zero attached hydrogens (tertiary/aromatic N) is 1. The van der Waals surface area contributed by atoms with Gasteiger partial charge in [-0.25, -0.2) is 0 Å². The van der Waals surface area contributed by atoms with Crippen molar-refractivity contribution in [3.05, 3.63) is 54.0 Å². The number of carbonyl (C=O) groups is 1. The quantitative estimate of drug-likeness (QED) is 0.800. The highest BCUT2D eigenvalue weighted by Crippen LogP contribution is 2.18. The van der Waals surface area contributed by atoms with Gasteiger partial charge in [-0.3, -0.25) is 4.79 Å². The average Bonchev–Trinajstić information content (AvgIpc) is 3.05. The zero-order valence-electron chi connectivity index (χ0n) is 11.2. The van der Waals surface area contributed by atoms with Crippen LogP contribution in [-0.4, -0.2) is 23.3 Å². The zero-order chi connectivity index (χ0) is 15.1. The van der Waals surface area contributed by atoms with E-state index in [1.165, 1.54) is 18.0 Å². The van der Waals surface area contributed by atoms with E-state index in [1.807, 2.05) is 12.1 Å². The van der Waals surface area contributed by atoms with E-state index in [9.17, 15) is 9.90 Å². The highest BCUT2D eigenvalue weighted by atomic mass is 32.2. The number of hydrogen-bond acceptors (Lipinski definition) is 5. The van der Waals surface area contributed by atoms with Gasteiger partial charge >= 0.3 is 0 Å². The van der Waals surface area contributed by atoms with Crippen LogP contribution in [0.1, 0.15) is 22.2 Å². The number of thioether (sulfide) groups is 1. The molecule has 0 saturated carbocycles. The Kier molecular flexibility index (Phi) is 5.43. The molecule has 6 heteroatoms. The molecule has 1 aromatic carbocycles. The molecule has 1 atom stereocenters. The summed E-state index contributed by atoms with van der Waals surface area (Å²) in [7, 11) is 0. The van der Waals surface area contributed by atoms with Crippen molar-refractivity contribution in [3.8, 4) is 6.07 Å². The molecule has 1 aromatic heterocycles. The van der Waals surface area contributed by atoms with Crippen LogP contribution in [0.15, 0.2) is 52.0 Å². The second-order valence-corrected chi connectivity index (χ2v) is 5.26. The molecule has 0 bridgehead atoms. The number of benzene rings is 1. The number of furan rings is 1. The molecule has 108 valence electrons. The van der Waals surface area contributed by atoms with Crippen LogP contribution < -0.4 is 5.32 Å². The van der Waals surface area contributed by atoms with Crippen molar-refractivity contribution in [1.82, 2.24) is 5.32 Å². The van der Waals surface area contributed by atoms with Crippen LogP contribution in [0.3, 0.4) is 0 Å². The third kappa shape index (κ3) is 4.38. The van der Waals surface area contributed by atoms with Crippen LogP contribution in [0.4, 0.5) is 0 Å². The summed E-state index contributed by atoms with van der Waals surface area (Å²) in [5.74, 6) is 0.469.